The monoisotopic (exact) mass is 273 g/mol. The third-order valence-corrected chi connectivity index (χ3v) is 2.65. The zero-order valence-corrected chi connectivity index (χ0v) is 11.2. The quantitative estimate of drug-likeness (QED) is 0.644. The molecule has 2 aromatic rings. The van der Waals surface area contributed by atoms with Crippen LogP contribution in [0.15, 0.2) is 41.6 Å². The third kappa shape index (κ3) is 2.97. The lowest BCUT2D eigenvalue weighted by Crippen LogP contribution is -2.17. The highest BCUT2D eigenvalue weighted by atomic mass is 16.5. The second kappa shape index (κ2) is 6.42. The molecule has 1 aromatic heterocycles. The van der Waals surface area contributed by atoms with E-state index < -0.39 is 0 Å². The summed E-state index contributed by atoms with van der Waals surface area (Å²) in [4.78, 5) is 14.5. The Morgan fingerprint density at radius 2 is 2.10 bits per heavy atom. The summed E-state index contributed by atoms with van der Waals surface area (Å²) < 4.78 is 10.4. The summed E-state index contributed by atoms with van der Waals surface area (Å²) in [5.74, 6) is 0.855. The van der Waals surface area contributed by atoms with Crippen LogP contribution in [0.25, 0.3) is 0 Å². The van der Waals surface area contributed by atoms with E-state index >= 15 is 0 Å². The van der Waals surface area contributed by atoms with Gasteiger partial charge in [-0.05, 0) is 24.3 Å². The number of H-pyrrole nitrogens is 1. The maximum Gasteiger partial charge on any atom is 0.287 e. The molecule has 20 heavy (non-hydrogen) atoms. The largest absolute Gasteiger partial charge is 0.493 e. The highest BCUT2D eigenvalue weighted by Gasteiger charge is 2.08. The number of methoxy groups -OCH3 is 2. The molecule has 0 fully saturated rings. The van der Waals surface area contributed by atoms with Crippen molar-refractivity contribution in [3.63, 3.8) is 0 Å². The molecule has 1 heterocycles. The molecule has 2 rings (SSSR count). The zero-order valence-electron chi connectivity index (χ0n) is 11.2. The molecule has 0 aliphatic rings. The third-order valence-electron chi connectivity index (χ3n) is 2.65. The number of para-hydroxylation sites is 1. The number of benzene rings is 1. The molecule has 1 amide bonds. The van der Waals surface area contributed by atoms with E-state index in [1.54, 1.807) is 38.6 Å². The molecule has 104 valence electrons. The summed E-state index contributed by atoms with van der Waals surface area (Å²) in [5.41, 5.74) is 3.58. The Labute approximate surface area is 116 Å². The van der Waals surface area contributed by atoms with Gasteiger partial charge < -0.3 is 14.5 Å². The Morgan fingerprint density at radius 3 is 2.75 bits per heavy atom. The second-order valence-electron chi connectivity index (χ2n) is 3.87. The Kier molecular flexibility index (Phi) is 4.39. The second-order valence-corrected chi connectivity index (χ2v) is 3.87. The molecule has 6 nitrogen and oxygen atoms in total. The van der Waals surface area contributed by atoms with Crippen LogP contribution in [-0.2, 0) is 0 Å². The van der Waals surface area contributed by atoms with E-state index in [0.29, 0.717) is 22.8 Å². The number of amides is 1. The van der Waals surface area contributed by atoms with Crippen molar-refractivity contribution in [3.8, 4) is 11.5 Å². The average molecular weight is 273 g/mol. The van der Waals surface area contributed by atoms with Crippen LogP contribution in [0.3, 0.4) is 0 Å². The maximum atomic E-state index is 11.7. The fourth-order valence-corrected chi connectivity index (χ4v) is 1.71. The topological polar surface area (TPSA) is 75.7 Å². The highest BCUT2D eigenvalue weighted by molar-refractivity contribution is 5.93. The van der Waals surface area contributed by atoms with Gasteiger partial charge in [0.05, 0.1) is 20.4 Å². The van der Waals surface area contributed by atoms with Crippen LogP contribution in [0.2, 0.25) is 0 Å². The summed E-state index contributed by atoms with van der Waals surface area (Å²) in [7, 11) is 3.11. The lowest BCUT2D eigenvalue weighted by atomic mass is 10.2. The standard InChI is InChI=1S/C14H15N3O3/c1-19-12-7-3-5-10(13(12)20-2)9-16-17-14(18)11-6-4-8-15-11/h3-9,15H,1-2H3,(H,17,18)/b16-9-. The first-order valence-electron chi connectivity index (χ1n) is 5.94. The summed E-state index contributed by atoms with van der Waals surface area (Å²) in [6.07, 6.45) is 3.17. The van der Waals surface area contributed by atoms with Crippen molar-refractivity contribution in [2.75, 3.05) is 14.2 Å². The van der Waals surface area contributed by atoms with Gasteiger partial charge in [0.1, 0.15) is 5.69 Å². The van der Waals surface area contributed by atoms with Crippen LogP contribution < -0.4 is 14.9 Å². The summed E-state index contributed by atoms with van der Waals surface area (Å²) >= 11 is 0. The fourth-order valence-electron chi connectivity index (χ4n) is 1.71. The van der Waals surface area contributed by atoms with E-state index in [-0.39, 0.29) is 5.91 Å². The summed E-state index contributed by atoms with van der Waals surface area (Å²) in [6, 6.07) is 8.82. The van der Waals surface area contributed by atoms with Gasteiger partial charge in [0.2, 0.25) is 0 Å². The highest BCUT2D eigenvalue weighted by Crippen LogP contribution is 2.29. The first kappa shape index (κ1) is 13.7. The molecule has 0 aliphatic carbocycles. The number of hydrazone groups is 1. The SMILES string of the molecule is COc1cccc(/C=N\NC(=O)c2ccc[nH]2)c1OC. The van der Waals surface area contributed by atoms with Gasteiger partial charge in [-0.3, -0.25) is 4.79 Å². The normalized spacial score (nSPS) is 10.5. The Bertz CT molecular complexity index is 606. The maximum absolute atomic E-state index is 11.7. The van der Waals surface area contributed by atoms with Crippen molar-refractivity contribution in [1.82, 2.24) is 10.4 Å². The van der Waals surface area contributed by atoms with Gasteiger partial charge >= 0.3 is 0 Å². The van der Waals surface area contributed by atoms with E-state index in [1.165, 1.54) is 6.21 Å². The number of rotatable bonds is 5. The van der Waals surface area contributed by atoms with Crippen molar-refractivity contribution < 1.29 is 14.3 Å². The molecule has 0 saturated carbocycles. The minimum Gasteiger partial charge on any atom is -0.493 e. The minimum atomic E-state index is -0.312. The Hall–Kier alpha value is -2.76. The van der Waals surface area contributed by atoms with E-state index in [0.717, 1.165) is 0 Å². The van der Waals surface area contributed by atoms with E-state index in [9.17, 15) is 4.79 Å². The van der Waals surface area contributed by atoms with Gasteiger partial charge in [0, 0.05) is 11.8 Å². The van der Waals surface area contributed by atoms with Crippen LogP contribution in [0.1, 0.15) is 16.1 Å². The van der Waals surface area contributed by atoms with Gasteiger partial charge in [-0.15, -0.1) is 0 Å². The fraction of sp³-hybridized carbons (Fsp3) is 0.143. The summed E-state index contributed by atoms with van der Waals surface area (Å²) in [5, 5.41) is 3.90. The number of hydrogen-bond donors (Lipinski definition) is 2. The van der Waals surface area contributed by atoms with Crippen LogP contribution >= 0.6 is 0 Å². The number of aromatic nitrogens is 1. The molecule has 0 radical (unpaired) electrons. The molecular weight excluding hydrogens is 258 g/mol. The van der Waals surface area contributed by atoms with Gasteiger partial charge in [-0.25, -0.2) is 5.43 Å². The number of hydrogen-bond acceptors (Lipinski definition) is 4. The van der Waals surface area contributed by atoms with Crippen LogP contribution in [0.5, 0.6) is 11.5 Å². The van der Waals surface area contributed by atoms with Crippen molar-refractivity contribution in [2.24, 2.45) is 5.10 Å². The first-order chi connectivity index (χ1) is 9.76. The van der Waals surface area contributed by atoms with Gasteiger partial charge in [-0.2, -0.15) is 5.10 Å². The predicted molar refractivity (Wildman–Crippen MR) is 75.4 cm³/mol. The number of nitrogens with one attached hydrogen (secondary N) is 2. The molecule has 0 spiro atoms. The van der Waals surface area contributed by atoms with E-state index in [2.05, 4.69) is 15.5 Å². The molecule has 0 saturated heterocycles. The van der Waals surface area contributed by atoms with E-state index in [4.69, 9.17) is 9.47 Å². The van der Waals surface area contributed by atoms with Gasteiger partial charge in [0.15, 0.2) is 11.5 Å². The molecule has 0 aliphatic heterocycles. The van der Waals surface area contributed by atoms with Crippen LogP contribution in [0, 0.1) is 0 Å². The number of aromatic amines is 1. The molecule has 0 unspecified atom stereocenters. The number of ether oxygens (including phenoxy) is 2. The zero-order chi connectivity index (χ0) is 14.4. The number of nitrogens with zero attached hydrogens (tertiary/aromatic N) is 1. The molecule has 2 N–H and O–H groups in total. The lowest BCUT2D eigenvalue weighted by molar-refractivity contribution is 0.0951. The summed E-state index contributed by atoms with van der Waals surface area (Å²) in [6.45, 7) is 0. The van der Waals surface area contributed by atoms with Crippen molar-refractivity contribution in [1.29, 1.82) is 0 Å². The number of carbonyl (C=O) groups is 1. The predicted octanol–water partition coefficient (Wildman–Crippen LogP) is 1.80. The van der Waals surface area contributed by atoms with Gasteiger partial charge in [-0.1, -0.05) is 6.07 Å². The molecular formula is C14H15N3O3. The molecule has 0 atom stereocenters. The molecule has 6 heteroatoms. The minimum absolute atomic E-state index is 0.312. The average Bonchev–Trinajstić information content (AvgIpc) is 3.01. The van der Waals surface area contributed by atoms with E-state index in [1.807, 2.05) is 12.1 Å². The Morgan fingerprint density at radius 1 is 1.25 bits per heavy atom. The molecule has 1 aromatic carbocycles. The van der Waals surface area contributed by atoms with Crippen LogP contribution in [-0.4, -0.2) is 31.3 Å². The van der Waals surface area contributed by atoms with Crippen molar-refractivity contribution in [2.45, 2.75) is 0 Å². The molecule has 0 bridgehead atoms. The van der Waals surface area contributed by atoms with Crippen molar-refractivity contribution in [3.05, 3.63) is 47.8 Å². The number of carbonyl (C=O) groups excluding carboxylic acids is 1. The Balaban J connectivity index is 2.10. The lowest BCUT2D eigenvalue weighted by Gasteiger charge is -2.09. The van der Waals surface area contributed by atoms with Crippen molar-refractivity contribution >= 4 is 12.1 Å². The first-order valence-corrected chi connectivity index (χ1v) is 5.94. The van der Waals surface area contributed by atoms with Crippen LogP contribution in [0.4, 0.5) is 0 Å². The van der Waals surface area contributed by atoms with Gasteiger partial charge in [0.25, 0.3) is 5.91 Å². The smallest absolute Gasteiger partial charge is 0.287 e.